The standard InChI is InChI=1S/C48H94N6O2S/c1-4-7-9-11-13-15-17-19-21-23-25-27-29-31-33-35-38-43(37-34-32-30-28-26-24-22-20-18-16-14-12-10-8-5-2)56-47(55)45(40-42-57-6-3)54-46(50)44(49)39-36-41-53-48(51)52/h19-22,43-45H,4-18,23-42,49H2,1-3H3,(H2,50,54)(H4,51,52,53)/b21-19-,22-20-/t43?,44?,45-/m0/s1. The molecule has 57 heavy (non-hydrogen) atoms. The van der Waals surface area contributed by atoms with Crippen LogP contribution in [0.5, 0.6) is 0 Å². The van der Waals surface area contributed by atoms with Crippen LogP contribution >= 0.6 is 11.8 Å². The van der Waals surface area contributed by atoms with Crippen molar-refractivity contribution in [3.8, 4) is 0 Å². The molecule has 0 aliphatic rings. The second-order valence-electron chi connectivity index (χ2n) is 16.3. The third kappa shape index (κ3) is 39.2. The van der Waals surface area contributed by atoms with E-state index in [0.29, 0.717) is 25.8 Å². The summed E-state index contributed by atoms with van der Waals surface area (Å²) in [6.07, 6.45) is 47.7. The van der Waals surface area contributed by atoms with Crippen LogP contribution in [-0.4, -0.2) is 54.0 Å². The average molecular weight is 819 g/mol. The number of rotatable bonds is 43. The molecule has 0 aromatic heterocycles. The lowest BCUT2D eigenvalue weighted by molar-refractivity contribution is -0.152. The summed E-state index contributed by atoms with van der Waals surface area (Å²) < 4.78 is 6.28. The Morgan fingerprint density at radius 3 is 1.44 bits per heavy atom. The van der Waals surface area contributed by atoms with E-state index in [2.05, 4.69) is 55.7 Å². The van der Waals surface area contributed by atoms with Gasteiger partial charge in [-0.25, -0.2) is 4.79 Å². The van der Waals surface area contributed by atoms with Crippen molar-refractivity contribution in [3.63, 3.8) is 0 Å². The van der Waals surface area contributed by atoms with E-state index < -0.39 is 12.1 Å². The minimum atomic E-state index is -0.575. The number of hydrogen-bond acceptors (Lipinski definition) is 6. The first kappa shape index (κ1) is 55.0. The van der Waals surface area contributed by atoms with Crippen LogP contribution in [0.4, 0.5) is 0 Å². The van der Waals surface area contributed by atoms with Crippen molar-refractivity contribution >= 4 is 29.5 Å². The van der Waals surface area contributed by atoms with E-state index in [1.54, 1.807) is 11.8 Å². The van der Waals surface area contributed by atoms with E-state index in [-0.39, 0.29) is 23.9 Å². The fourth-order valence-electron chi connectivity index (χ4n) is 7.15. The molecule has 0 amide bonds. The number of nitrogens with one attached hydrogen (secondary N) is 4. The maximum atomic E-state index is 13.7. The summed E-state index contributed by atoms with van der Waals surface area (Å²) >= 11 is 1.80. The lowest BCUT2D eigenvalue weighted by atomic mass is 10.0. The molecule has 0 aromatic rings. The van der Waals surface area contributed by atoms with Gasteiger partial charge < -0.3 is 26.8 Å². The third-order valence-corrected chi connectivity index (χ3v) is 11.8. The molecule has 8 nitrogen and oxygen atoms in total. The number of carbonyl (C=O) groups excluding carboxylic acids is 1. The number of thioether (sulfide) groups is 1. The van der Waals surface area contributed by atoms with Gasteiger partial charge in [0.1, 0.15) is 18.0 Å². The van der Waals surface area contributed by atoms with Gasteiger partial charge >= 0.3 is 5.97 Å². The Bertz CT molecular complexity index is 977. The van der Waals surface area contributed by atoms with E-state index in [1.165, 1.54) is 161 Å². The third-order valence-electron chi connectivity index (χ3n) is 10.9. The SMILES string of the molecule is CCCCCCCC/C=C\CCCCCCCCC(CCCCCCC/C=C\CCCCCCCC)OC(=O)[C@H](CCSCC)NC(=N)C(N)CCCNC(=N)N. The number of nitrogens with two attached hydrogens (primary N) is 2. The summed E-state index contributed by atoms with van der Waals surface area (Å²) in [5.74, 6) is 1.66. The monoisotopic (exact) mass is 819 g/mol. The topological polar surface area (TPSA) is 150 Å². The molecule has 0 radical (unpaired) electrons. The second kappa shape index (κ2) is 43.6. The van der Waals surface area contributed by atoms with Crippen LogP contribution in [0, 0.1) is 10.8 Å². The smallest absolute Gasteiger partial charge is 0.328 e. The van der Waals surface area contributed by atoms with Crippen molar-refractivity contribution in [1.82, 2.24) is 10.6 Å². The number of esters is 1. The van der Waals surface area contributed by atoms with Crippen LogP contribution in [0.2, 0.25) is 0 Å². The van der Waals surface area contributed by atoms with Gasteiger partial charge in [-0.2, -0.15) is 11.8 Å². The molecule has 0 bridgehead atoms. The number of guanidine groups is 1. The van der Waals surface area contributed by atoms with Gasteiger partial charge in [0.2, 0.25) is 0 Å². The van der Waals surface area contributed by atoms with E-state index in [9.17, 15) is 4.79 Å². The zero-order valence-corrected chi connectivity index (χ0v) is 38.5. The van der Waals surface area contributed by atoms with Gasteiger partial charge in [0.25, 0.3) is 0 Å². The van der Waals surface area contributed by atoms with E-state index in [1.807, 2.05) is 0 Å². The summed E-state index contributed by atoms with van der Waals surface area (Å²) in [5.41, 5.74) is 11.7. The molecule has 0 spiro atoms. The number of hydrogen-bond donors (Lipinski definition) is 6. The maximum Gasteiger partial charge on any atom is 0.328 e. The molecule has 2 unspecified atom stereocenters. The molecule has 0 aliphatic carbocycles. The molecule has 9 heteroatoms. The van der Waals surface area contributed by atoms with Crippen LogP contribution in [0.25, 0.3) is 0 Å². The van der Waals surface area contributed by atoms with Gasteiger partial charge in [-0.3, -0.25) is 10.8 Å². The Hall–Kier alpha value is -2.00. The molecule has 8 N–H and O–H groups in total. The number of ether oxygens (including phenoxy) is 1. The lowest BCUT2D eigenvalue weighted by Gasteiger charge is -2.25. The van der Waals surface area contributed by atoms with Crippen LogP contribution in [0.3, 0.4) is 0 Å². The van der Waals surface area contributed by atoms with E-state index in [4.69, 9.17) is 27.0 Å². The highest BCUT2D eigenvalue weighted by Crippen LogP contribution is 2.19. The van der Waals surface area contributed by atoms with Crippen LogP contribution in [-0.2, 0) is 9.53 Å². The van der Waals surface area contributed by atoms with Gasteiger partial charge in [-0.15, -0.1) is 0 Å². The van der Waals surface area contributed by atoms with Crippen molar-refractivity contribution < 1.29 is 9.53 Å². The normalized spacial score (nSPS) is 13.3. The maximum absolute atomic E-state index is 13.7. The summed E-state index contributed by atoms with van der Waals surface area (Å²) in [6, 6.07) is -1.09. The molecular formula is C48H94N6O2S. The van der Waals surface area contributed by atoms with E-state index in [0.717, 1.165) is 37.2 Å². The van der Waals surface area contributed by atoms with Gasteiger partial charge in [0.05, 0.1) is 6.04 Å². The highest BCUT2D eigenvalue weighted by atomic mass is 32.2. The van der Waals surface area contributed by atoms with Gasteiger partial charge in [-0.1, -0.05) is 154 Å². The van der Waals surface area contributed by atoms with E-state index >= 15 is 0 Å². The van der Waals surface area contributed by atoms with Gasteiger partial charge in [-0.05, 0) is 108 Å². The summed E-state index contributed by atoms with van der Waals surface area (Å²) in [6.45, 7) is 7.21. The number of carbonyl (C=O) groups is 1. The molecule has 0 aliphatic heterocycles. The first-order valence-corrected chi connectivity index (χ1v) is 25.3. The molecule has 0 saturated carbocycles. The van der Waals surface area contributed by atoms with Crippen molar-refractivity contribution in [3.05, 3.63) is 24.3 Å². The predicted octanol–water partition coefficient (Wildman–Crippen LogP) is 13.0. The molecule has 0 aromatic carbocycles. The lowest BCUT2D eigenvalue weighted by Crippen LogP contribution is -2.49. The Kier molecular flexibility index (Phi) is 42.0. The fraction of sp³-hybridized carbons (Fsp3) is 0.854. The molecule has 0 saturated heterocycles. The van der Waals surface area contributed by atoms with Crippen molar-refractivity contribution in [1.29, 1.82) is 10.8 Å². The fourth-order valence-corrected chi connectivity index (χ4v) is 7.84. The minimum Gasteiger partial charge on any atom is -0.461 e. The number of allylic oxidation sites excluding steroid dienone is 4. The summed E-state index contributed by atoms with van der Waals surface area (Å²) in [4.78, 5) is 13.7. The zero-order chi connectivity index (χ0) is 41.9. The highest BCUT2D eigenvalue weighted by Gasteiger charge is 2.25. The number of unbranched alkanes of at least 4 members (excludes halogenated alkanes) is 23. The quantitative estimate of drug-likeness (QED) is 0.0118. The highest BCUT2D eigenvalue weighted by molar-refractivity contribution is 7.99. The molecule has 334 valence electrons. The Morgan fingerprint density at radius 1 is 0.596 bits per heavy atom. The predicted molar refractivity (Wildman–Crippen MR) is 253 cm³/mol. The average Bonchev–Trinajstić information content (AvgIpc) is 3.20. The molecule has 0 fully saturated rings. The van der Waals surface area contributed by atoms with Crippen molar-refractivity contribution in [2.45, 2.75) is 244 Å². The molecule has 0 heterocycles. The summed E-state index contributed by atoms with van der Waals surface area (Å²) in [7, 11) is 0. The van der Waals surface area contributed by atoms with Crippen molar-refractivity contribution in [2.24, 2.45) is 11.5 Å². The summed E-state index contributed by atoms with van der Waals surface area (Å²) in [5, 5.41) is 21.9. The van der Waals surface area contributed by atoms with Crippen LogP contribution < -0.4 is 22.1 Å². The van der Waals surface area contributed by atoms with Crippen molar-refractivity contribution in [2.75, 3.05) is 18.1 Å². The molecule has 3 atom stereocenters. The minimum absolute atomic E-state index is 0.0680. The molecular weight excluding hydrogens is 725 g/mol. The zero-order valence-electron chi connectivity index (χ0n) is 37.7. The second-order valence-corrected chi connectivity index (χ2v) is 17.7. The largest absolute Gasteiger partial charge is 0.461 e. The van der Waals surface area contributed by atoms with Crippen LogP contribution in [0.1, 0.15) is 226 Å². The Balaban J connectivity index is 4.82. The van der Waals surface area contributed by atoms with Gasteiger partial charge in [0, 0.05) is 6.54 Å². The Labute approximate surface area is 357 Å². The molecule has 0 rings (SSSR count). The first-order valence-electron chi connectivity index (χ1n) is 24.1. The van der Waals surface area contributed by atoms with Gasteiger partial charge in [0.15, 0.2) is 5.96 Å². The first-order chi connectivity index (χ1) is 27.8. The van der Waals surface area contributed by atoms with Crippen LogP contribution in [0.15, 0.2) is 24.3 Å². The Morgan fingerprint density at radius 2 is 1.02 bits per heavy atom. The number of amidine groups is 1.